The first-order valence-corrected chi connectivity index (χ1v) is 13.7. The van der Waals surface area contributed by atoms with Crippen LogP contribution in [-0.4, -0.2) is 72.7 Å². The second kappa shape index (κ2) is 10.4. The maximum atomic E-state index is 13.1. The van der Waals surface area contributed by atoms with Crippen LogP contribution in [0.5, 0.6) is 0 Å². The van der Waals surface area contributed by atoms with Gasteiger partial charge < -0.3 is 4.90 Å². The van der Waals surface area contributed by atoms with Gasteiger partial charge in [0.05, 0.1) is 10.6 Å². The minimum Gasteiger partial charge on any atom is -0.336 e. The van der Waals surface area contributed by atoms with E-state index in [1.54, 1.807) is 41.5 Å². The van der Waals surface area contributed by atoms with Crippen LogP contribution in [0.25, 0.3) is 10.6 Å². The Bertz CT molecular complexity index is 1230. The molecule has 1 saturated heterocycles. The highest BCUT2D eigenvalue weighted by Gasteiger charge is 2.26. The summed E-state index contributed by atoms with van der Waals surface area (Å²) >= 11 is 1.65. The second-order valence-electron chi connectivity index (χ2n) is 8.72. The predicted octanol–water partition coefficient (Wildman–Crippen LogP) is 3.80. The molecule has 0 unspecified atom stereocenters. The first-order valence-electron chi connectivity index (χ1n) is 11.4. The molecule has 1 aliphatic heterocycles. The molecule has 1 fully saturated rings. The average Bonchev–Trinajstić information content (AvgIpc) is 3.32. The lowest BCUT2D eigenvalue weighted by Gasteiger charge is -2.34. The van der Waals surface area contributed by atoms with E-state index in [9.17, 15) is 13.2 Å². The van der Waals surface area contributed by atoms with E-state index in [1.807, 2.05) is 32.0 Å². The number of hydrogen-bond donors (Lipinski definition) is 0. The molecule has 1 aromatic heterocycles. The topological polar surface area (TPSA) is 73.8 Å². The molecule has 1 amide bonds. The van der Waals surface area contributed by atoms with E-state index in [4.69, 9.17) is 4.98 Å². The molecule has 2 aromatic carbocycles. The number of hydrogen-bond acceptors (Lipinski definition) is 6. The van der Waals surface area contributed by atoms with Gasteiger partial charge in [-0.3, -0.25) is 9.69 Å². The van der Waals surface area contributed by atoms with Crippen LogP contribution < -0.4 is 0 Å². The number of amides is 1. The number of carbonyl (C=O) groups is 1. The number of carbonyl (C=O) groups excluding carboxylic acids is 1. The fourth-order valence-electron chi connectivity index (χ4n) is 3.85. The number of benzene rings is 2. The molecule has 9 heteroatoms. The summed E-state index contributed by atoms with van der Waals surface area (Å²) in [6, 6.07) is 16.3. The number of rotatable bonds is 7. The Morgan fingerprint density at radius 1 is 1.06 bits per heavy atom. The molecule has 0 aliphatic carbocycles. The molecule has 1 aliphatic rings. The summed E-state index contributed by atoms with van der Waals surface area (Å²) in [5.74, 6) is -0.135. The molecule has 0 saturated carbocycles. The van der Waals surface area contributed by atoms with Crippen LogP contribution in [0.2, 0.25) is 0 Å². The highest BCUT2D eigenvalue weighted by molar-refractivity contribution is 7.89. The van der Waals surface area contributed by atoms with Crippen molar-refractivity contribution >= 4 is 27.3 Å². The number of piperazine rings is 1. The van der Waals surface area contributed by atoms with Gasteiger partial charge in [-0.2, -0.15) is 4.31 Å². The smallest absolute Gasteiger partial charge is 0.253 e. The van der Waals surface area contributed by atoms with Gasteiger partial charge in [0, 0.05) is 62.3 Å². The van der Waals surface area contributed by atoms with Crippen molar-refractivity contribution in [2.24, 2.45) is 0 Å². The van der Waals surface area contributed by atoms with Crippen molar-refractivity contribution in [3.8, 4) is 10.6 Å². The van der Waals surface area contributed by atoms with E-state index >= 15 is 0 Å². The predicted molar refractivity (Wildman–Crippen MR) is 135 cm³/mol. The van der Waals surface area contributed by atoms with Crippen LogP contribution in [0.4, 0.5) is 0 Å². The van der Waals surface area contributed by atoms with Crippen molar-refractivity contribution in [2.75, 3.05) is 33.2 Å². The third-order valence-corrected chi connectivity index (χ3v) is 9.07. The van der Waals surface area contributed by atoms with Crippen molar-refractivity contribution in [3.05, 3.63) is 71.2 Å². The van der Waals surface area contributed by atoms with Crippen LogP contribution in [0.3, 0.4) is 0 Å². The number of nitrogens with zero attached hydrogens (tertiary/aromatic N) is 4. The SMILES string of the molecule is CC(C)N(C)S(=O)(=O)c1cccc(C(=O)N2CCN(Cc3csc(-c4ccccc4)n3)CC2)c1. The van der Waals surface area contributed by atoms with E-state index in [0.29, 0.717) is 18.7 Å². The molecule has 4 rings (SSSR count). The molecular formula is C25H30N4O3S2. The van der Waals surface area contributed by atoms with Crippen LogP contribution in [0, 0.1) is 0 Å². The maximum Gasteiger partial charge on any atom is 0.253 e. The minimum atomic E-state index is -3.64. The molecule has 0 atom stereocenters. The Hall–Kier alpha value is -2.59. The number of sulfonamides is 1. The highest BCUT2D eigenvalue weighted by atomic mass is 32.2. The van der Waals surface area contributed by atoms with E-state index in [2.05, 4.69) is 22.4 Å². The monoisotopic (exact) mass is 498 g/mol. The highest BCUT2D eigenvalue weighted by Crippen LogP contribution is 2.24. The molecule has 34 heavy (non-hydrogen) atoms. The van der Waals surface area contributed by atoms with Gasteiger partial charge in [-0.15, -0.1) is 11.3 Å². The van der Waals surface area contributed by atoms with Crippen LogP contribution >= 0.6 is 11.3 Å². The van der Waals surface area contributed by atoms with Crippen LogP contribution in [0.15, 0.2) is 64.9 Å². The minimum absolute atomic E-state index is 0.135. The second-order valence-corrected chi connectivity index (χ2v) is 11.6. The zero-order chi connectivity index (χ0) is 24.3. The summed E-state index contributed by atoms with van der Waals surface area (Å²) in [4.78, 5) is 22.1. The molecule has 2 heterocycles. The molecular weight excluding hydrogens is 468 g/mol. The van der Waals surface area contributed by atoms with Gasteiger partial charge in [-0.25, -0.2) is 13.4 Å². The van der Waals surface area contributed by atoms with Gasteiger partial charge >= 0.3 is 0 Å². The summed E-state index contributed by atoms with van der Waals surface area (Å²) < 4.78 is 27.0. The summed E-state index contributed by atoms with van der Waals surface area (Å²) in [5.41, 5.74) is 2.56. The first-order chi connectivity index (χ1) is 16.3. The standard InChI is InChI=1S/C25H30N4O3S2/c1-19(2)27(3)34(31,32)23-11-7-10-21(16-23)25(30)29-14-12-28(13-15-29)17-22-18-33-24(26-22)20-8-5-4-6-9-20/h4-11,16,18-19H,12-15,17H2,1-3H3. The molecule has 0 N–H and O–H groups in total. The van der Waals surface area contributed by atoms with Crippen molar-refractivity contribution in [1.29, 1.82) is 0 Å². The third kappa shape index (κ3) is 5.38. The van der Waals surface area contributed by atoms with Gasteiger partial charge in [-0.05, 0) is 32.0 Å². The summed E-state index contributed by atoms with van der Waals surface area (Å²) in [6.45, 7) is 7.08. The maximum absolute atomic E-state index is 13.1. The quantitative estimate of drug-likeness (QED) is 0.496. The van der Waals surface area contributed by atoms with Gasteiger partial charge in [-0.1, -0.05) is 36.4 Å². The van der Waals surface area contributed by atoms with Crippen molar-refractivity contribution in [1.82, 2.24) is 19.1 Å². The molecule has 0 bridgehead atoms. The Labute approximate surface area is 205 Å². The fraction of sp³-hybridized carbons (Fsp3) is 0.360. The van der Waals surface area contributed by atoms with E-state index in [1.165, 1.54) is 10.4 Å². The van der Waals surface area contributed by atoms with E-state index < -0.39 is 10.0 Å². The Balaban J connectivity index is 1.37. The molecule has 3 aromatic rings. The lowest BCUT2D eigenvalue weighted by atomic mass is 10.2. The zero-order valence-corrected chi connectivity index (χ0v) is 21.3. The number of aromatic nitrogens is 1. The average molecular weight is 499 g/mol. The fourth-order valence-corrected chi connectivity index (χ4v) is 6.08. The molecule has 180 valence electrons. The Morgan fingerprint density at radius 2 is 1.76 bits per heavy atom. The Morgan fingerprint density at radius 3 is 2.44 bits per heavy atom. The van der Waals surface area contributed by atoms with Crippen molar-refractivity contribution < 1.29 is 13.2 Å². The van der Waals surface area contributed by atoms with E-state index in [-0.39, 0.29) is 16.8 Å². The zero-order valence-electron chi connectivity index (χ0n) is 19.7. The number of thiazole rings is 1. The van der Waals surface area contributed by atoms with E-state index in [0.717, 1.165) is 35.9 Å². The summed E-state index contributed by atoms with van der Waals surface area (Å²) in [5, 5.41) is 3.11. The molecule has 7 nitrogen and oxygen atoms in total. The largest absolute Gasteiger partial charge is 0.336 e. The molecule has 0 spiro atoms. The first kappa shape index (κ1) is 24.5. The van der Waals surface area contributed by atoms with Gasteiger partial charge in [0.25, 0.3) is 5.91 Å². The summed E-state index contributed by atoms with van der Waals surface area (Å²) in [6.07, 6.45) is 0. The summed E-state index contributed by atoms with van der Waals surface area (Å²) in [7, 11) is -2.08. The van der Waals surface area contributed by atoms with Crippen LogP contribution in [-0.2, 0) is 16.6 Å². The Kier molecular flexibility index (Phi) is 7.47. The lowest BCUT2D eigenvalue weighted by Crippen LogP contribution is -2.48. The van der Waals surface area contributed by atoms with Gasteiger partial charge in [0.15, 0.2) is 0 Å². The third-order valence-electron chi connectivity index (χ3n) is 6.10. The van der Waals surface area contributed by atoms with Crippen molar-refractivity contribution in [3.63, 3.8) is 0 Å². The van der Waals surface area contributed by atoms with Crippen LogP contribution in [0.1, 0.15) is 29.9 Å². The van der Waals surface area contributed by atoms with Crippen molar-refractivity contribution in [2.45, 2.75) is 31.3 Å². The normalized spacial score (nSPS) is 15.3. The van der Waals surface area contributed by atoms with Gasteiger partial charge in [0.1, 0.15) is 5.01 Å². The molecule has 0 radical (unpaired) electrons. The lowest BCUT2D eigenvalue weighted by molar-refractivity contribution is 0.0627. The van der Waals surface area contributed by atoms with Gasteiger partial charge in [0.2, 0.25) is 10.0 Å².